The number of benzene rings is 1. The predicted octanol–water partition coefficient (Wildman–Crippen LogP) is 2.10. The number of amides is 1. The van der Waals surface area contributed by atoms with Crippen molar-refractivity contribution in [2.75, 3.05) is 5.75 Å². The summed E-state index contributed by atoms with van der Waals surface area (Å²) in [6, 6.07) is 7.44. The molecular formula is C11H10ClN3OS. The minimum Gasteiger partial charge on any atom is -0.369 e. The van der Waals surface area contributed by atoms with Gasteiger partial charge in [0.25, 0.3) is 0 Å². The summed E-state index contributed by atoms with van der Waals surface area (Å²) in [6.45, 7) is 0. The number of nitrogens with zero attached hydrogens (tertiary/aromatic N) is 2. The van der Waals surface area contributed by atoms with Gasteiger partial charge in [-0.25, -0.2) is 4.98 Å². The molecule has 2 N–H and O–H groups in total. The molecule has 1 aromatic heterocycles. The van der Waals surface area contributed by atoms with E-state index in [0.29, 0.717) is 10.2 Å². The zero-order valence-electron chi connectivity index (χ0n) is 8.84. The number of nitrogens with two attached hydrogens (primary N) is 1. The van der Waals surface area contributed by atoms with Gasteiger partial charge in [0.2, 0.25) is 5.91 Å². The first kappa shape index (κ1) is 12.0. The molecule has 6 heteroatoms. The van der Waals surface area contributed by atoms with E-state index in [1.807, 2.05) is 22.8 Å². The monoisotopic (exact) mass is 267 g/mol. The van der Waals surface area contributed by atoms with Gasteiger partial charge >= 0.3 is 0 Å². The lowest BCUT2D eigenvalue weighted by molar-refractivity contribution is -0.115. The van der Waals surface area contributed by atoms with E-state index in [2.05, 4.69) is 4.98 Å². The summed E-state index contributed by atoms with van der Waals surface area (Å²) in [5, 5.41) is 1.32. The van der Waals surface area contributed by atoms with Crippen molar-refractivity contribution in [1.82, 2.24) is 9.55 Å². The van der Waals surface area contributed by atoms with Crippen LogP contribution in [0.15, 0.2) is 41.8 Å². The van der Waals surface area contributed by atoms with E-state index in [-0.39, 0.29) is 11.7 Å². The number of aromatic nitrogens is 2. The number of primary amides is 1. The van der Waals surface area contributed by atoms with Crippen LogP contribution in [0.5, 0.6) is 0 Å². The van der Waals surface area contributed by atoms with Crippen LogP contribution in [0.4, 0.5) is 0 Å². The summed E-state index contributed by atoms with van der Waals surface area (Å²) in [7, 11) is 0. The van der Waals surface area contributed by atoms with Gasteiger partial charge in [0, 0.05) is 12.4 Å². The van der Waals surface area contributed by atoms with Gasteiger partial charge in [0.05, 0.1) is 16.5 Å². The molecular weight excluding hydrogens is 258 g/mol. The van der Waals surface area contributed by atoms with Crippen LogP contribution in [0.25, 0.3) is 5.69 Å². The number of carbonyl (C=O) groups excluding carboxylic acids is 1. The quantitative estimate of drug-likeness (QED) is 0.863. The van der Waals surface area contributed by atoms with E-state index in [1.165, 1.54) is 11.8 Å². The second-order valence-corrected chi connectivity index (χ2v) is 4.64. The summed E-state index contributed by atoms with van der Waals surface area (Å²) < 4.78 is 1.83. The number of para-hydroxylation sites is 1. The molecule has 4 nitrogen and oxygen atoms in total. The fourth-order valence-corrected chi connectivity index (χ4v) is 2.29. The molecule has 1 aromatic carbocycles. The lowest BCUT2D eigenvalue weighted by Gasteiger charge is -2.08. The van der Waals surface area contributed by atoms with Gasteiger partial charge < -0.3 is 5.73 Å². The Morgan fingerprint density at radius 3 is 2.94 bits per heavy atom. The summed E-state index contributed by atoms with van der Waals surface area (Å²) in [5.74, 6) is -0.176. The van der Waals surface area contributed by atoms with Gasteiger partial charge in [-0.2, -0.15) is 0 Å². The number of halogens is 1. The maximum Gasteiger partial charge on any atom is 0.227 e. The largest absolute Gasteiger partial charge is 0.369 e. The molecule has 0 bridgehead atoms. The average molecular weight is 268 g/mol. The van der Waals surface area contributed by atoms with E-state index in [4.69, 9.17) is 17.3 Å². The molecule has 2 aromatic rings. The molecule has 0 saturated heterocycles. The Hall–Kier alpha value is -1.46. The fourth-order valence-electron chi connectivity index (χ4n) is 1.36. The summed E-state index contributed by atoms with van der Waals surface area (Å²) in [5.41, 5.74) is 5.94. The zero-order chi connectivity index (χ0) is 12.3. The molecule has 0 radical (unpaired) electrons. The SMILES string of the molecule is NC(=O)CSc1nccn1-c1ccccc1Cl. The zero-order valence-corrected chi connectivity index (χ0v) is 10.4. The van der Waals surface area contributed by atoms with Crippen molar-refractivity contribution >= 4 is 29.3 Å². The Morgan fingerprint density at radius 1 is 1.47 bits per heavy atom. The molecule has 0 atom stereocenters. The first-order valence-electron chi connectivity index (χ1n) is 4.88. The number of imidazole rings is 1. The molecule has 0 aliphatic carbocycles. The van der Waals surface area contributed by atoms with Gasteiger partial charge in [0.1, 0.15) is 0 Å². The van der Waals surface area contributed by atoms with Crippen molar-refractivity contribution in [1.29, 1.82) is 0 Å². The molecule has 1 amide bonds. The van der Waals surface area contributed by atoms with Gasteiger partial charge in [-0.3, -0.25) is 9.36 Å². The van der Waals surface area contributed by atoms with Crippen LogP contribution < -0.4 is 5.73 Å². The maximum absolute atomic E-state index is 10.7. The molecule has 17 heavy (non-hydrogen) atoms. The second-order valence-electron chi connectivity index (χ2n) is 3.29. The fraction of sp³-hybridized carbons (Fsp3) is 0.0909. The van der Waals surface area contributed by atoms with Crippen molar-refractivity contribution < 1.29 is 4.79 Å². The molecule has 0 aliphatic heterocycles. The van der Waals surface area contributed by atoms with E-state index >= 15 is 0 Å². The molecule has 2 rings (SSSR count). The highest BCUT2D eigenvalue weighted by atomic mass is 35.5. The van der Waals surface area contributed by atoms with Crippen LogP contribution in [0.2, 0.25) is 5.02 Å². The molecule has 88 valence electrons. The van der Waals surface area contributed by atoms with Gasteiger partial charge in [-0.05, 0) is 12.1 Å². The summed E-state index contributed by atoms with van der Waals surface area (Å²) in [6.07, 6.45) is 3.46. The minimum absolute atomic E-state index is 0.196. The smallest absolute Gasteiger partial charge is 0.227 e. The number of hydrogen-bond donors (Lipinski definition) is 1. The topological polar surface area (TPSA) is 60.9 Å². The van der Waals surface area contributed by atoms with E-state index in [9.17, 15) is 4.79 Å². The van der Waals surface area contributed by atoms with Crippen molar-refractivity contribution in [3.63, 3.8) is 0 Å². The van der Waals surface area contributed by atoms with Crippen molar-refractivity contribution in [2.45, 2.75) is 5.16 Å². The Bertz CT molecular complexity index is 541. The van der Waals surface area contributed by atoms with E-state index in [0.717, 1.165) is 5.69 Å². The first-order valence-corrected chi connectivity index (χ1v) is 6.24. The van der Waals surface area contributed by atoms with Gasteiger partial charge in [-0.1, -0.05) is 35.5 Å². The number of hydrogen-bond acceptors (Lipinski definition) is 3. The molecule has 0 unspecified atom stereocenters. The third-order valence-corrected chi connectivity index (χ3v) is 3.37. The number of carbonyl (C=O) groups is 1. The lowest BCUT2D eigenvalue weighted by Crippen LogP contribution is -2.13. The summed E-state index contributed by atoms with van der Waals surface area (Å²) in [4.78, 5) is 14.9. The highest BCUT2D eigenvalue weighted by Crippen LogP contribution is 2.25. The van der Waals surface area contributed by atoms with Crippen LogP contribution in [0.1, 0.15) is 0 Å². The third kappa shape index (κ3) is 2.81. The van der Waals surface area contributed by atoms with Crippen molar-refractivity contribution in [2.24, 2.45) is 5.73 Å². The molecule has 0 aliphatic rings. The Kier molecular flexibility index (Phi) is 3.71. The van der Waals surface area contributed by atoms with Crippen molar-refractivity contribution in [3.05, 3.63) is 41.7 Å². The molecule has 0 spiro atoms. The number of rotatable bonds is 4. The standard InChI is InChI=1S/C11H10ClN3OS/c12-8-3-1-2-4-9(8)15-6-5-14-11(15)17-7-10(13)16/h1-6H,7H2,(H2,13,16). The first-order chi connectivity index (χ1) is 8.18. The van der Waals surface area contributed by atoms with E-state index < -0.39 is 0 Å². The van der Waals surface area contributed by atoms with Crippen LogP contribution in [0, 0.1) is 0 Å². The Morgan fingerprint density at radius 2 is 2.24 bits per heavy atom. The highest BCUT2D eigenvalue weighted by molar-refractivity contribution is 7.99. The highest BCUT2D eigenvalue weighted by Gasteiger charge is 2.09. The Labute approximate surface area is 108 Å². The van der Waals surface area contributed by atoms with Crippen LogP contribution in [-0.4, -0.2) is 21.2 Å². The second kappa shape index (κ2) is 5.25. The third-order valence-electron chi connectivity index (χ3n) is 2.06. The van der Waals surface area contributed by atoms with Crippen LogP contribution in [0.3, 0.4) is 0 Å². The molecule has 1 heterocycles. The normalized spacial score (nSPS) is 10.4. The predicted molar refractivity (Wildman–Crippen MR) is 68.5 cm³/mol. The lowest BCUT2D eigenvalue weighted by atomic mass is 10.3. The Balaban J connectivity index is 2.31. The minimum atomic E-state index is -0.372. The molecule has 0 fully saturated rings. The summed E-state index contributed by atoms with van der Waals surface area (Å²) >= 11 is 7.38. The van der Waals surface area contributed by atoms with Crippen LogP contribution in [-0.2, 0) is 4.79 Å². The van der Waals surface area contributed by atoms with Gasteiger partial charge in [0.15, 0.2) is 5.16 Å². The maximum atomic E-state index is 10.7. The average Bonchev–Trinajstić information content (AvgIpc) is 2.75. The van der Waals surface area contributed by atoms with Gasteiger partial charge in [-0.15, -0.1) is 0 Å². The van der Waals surface area contributed by atoms with Crippen LogP contribution >= 0.6 is 23.4 Å². The molecule has 0 saturated carbocycles. The van der Waals surface area contributed by atoms with Crippen molar-refractivity contribution in [3.8, 4) is 5.69 Å². The van der Waals surface area contributed by atoms with E-state index in [1.54, 1.807) is 18.5 Å². The number of thioether (sulfide) groups is 1.